The molecule has 0 bridgehead atoms. The standard InChI is InChI=1S/C26H33NO5/c1-15-22(25(29)32-16-8-6-7-9-16)23(18-12-17(30-4)10-11-21(18)31-5)24-19(27-15)13-26(2,3)14-20(24)28/h10-12,16,23,27H,6-9,13-14H2,1-5H3. The van der Waals surface area contributed by atoms with E-state index in [1.165, 1.54) is 0 Å². The summed E-state index contributed by atoms with van der Waals surface area (Å²) >= 11 is 0. The molecule has 1 fully saturated rings. The van der Waals surface area contributed by atoms with Crippen LogP contribution >= 0.6 is 0 Å². The summed E-state index contributed by atoms with van der Waals surface area (Å²) in [6.45, 7) is 6.08. The molecule has 0 aromatic heterocycles. The molecule has 1 atom stereocenters. The first-order chi connectivity index (χ1) is 15.2. The molecule has 4 rings (SSSR count). The van der Waals surface area contributed by atoms with Gasteiger partial charge in [-0.05, 0) is 62.6 Å². The van der Waals surface area contributed by atoms with Crippen LogP contribution in [0, 0.1) is 5.41 Å². The number of methoxy groups -OCH3 is 2. The van der Waals surface area contributed by atoms with Crippen LogP contribution in [-0.4, -0.2) is 32.1 Å². The predicted molar refractivity (Wildman–Crippen MR) is 122 cm³/mol. The highest BCUT2D eigenvalue weighted by atomic mass is 16.5. The van der Waals surface area contributed by atoms with Crippen LogP contribution in [0.3, 0.4) is 0 Å². The number of ketones is 1. The van der Waals surface area contributed by atoms with Gasteiger partial charge in [0.25, 0.3) is 0 Å². The highest BCUT2D eigenvalue weighted by molar-refractivity contribution is 6.04. The number of Topliss-reactive ketones (excluding diaryl/α,β-unsaturated/α-hetero) is 1. The van der Waals surface area contributed by atoms with E-state index in [9.17, 15) is 9.59 Å². The van der Waals surface area contributed by atoms with Crippen LogP contribution in [-0.2, 0) is 14.3 Å². The number of hydrogen-bond acceptors (Lipinski definition) is 6. The topological polar surface area (TPSA) is 73.9 Å². The van der Waals surface area contributed by atoms with Crippen molar-refractivity contribution in [2.24, 2.45) is 5.41 Å². The van der Waals surface area contributed by atoms with Crippen molar-refractivity contribution < 1.29 is 23.8 Å². The minimum Gasteiger partial charge on any atom is -0.497 e. The lowest BCUT2D eigenvalue weighted by atomic mass is 9.68. The Labute approximate surface area is 190 Å². The number of allylic oxidation sites excluding steroid dienone is 3. The summed E-state index contributed by atoms with van der Waals surface area (Å²) < 4.78 is 17.0. The summed E-state index contributed by atoms with van der Waals surface area (Å²) in [6.07, 6.45) is 5.03. The van der Waals surface area contributed by atoms with Gasteiger partial charge in [0.2, 0.25) is 0 Å². The molecule has 6 nitrogen and oxygen atoms in total. The summed E-state index contributed by atoms with van der Waals surface area (Å²) in [7, 11) is 3.20. The molecule has 172 valence electrons. The number of rotatable bonds is 5. The van der Waals surface area contributed by atoms with Crippen molar-refractivity contribution in [3.8, 4) is 11.5 Å². The summed E-state index contributed by atoms with van der Waals surface area (Å²) in [5.41, 5.74) is 3.33. The van der Waals surface area contributed by atoms with Crippen molar-refractivity contribution in [3.05, 3.63) is 46.3 Å². The fourth-order valence-corrected chi connectivity index (χ4v) is 5.30. The van der Waals surface area contributed by atoms with E-state index in [1.54, 1.807) is 14.2 Å². The van der Waals surface area contributed by atoms with Crippen LogP contribution in [0.25, 0.3) is 0 Å². The van der Waals surface area contributed by atoms with Gasteiger partial charge in [0.1, 0.15) is 17.6 Å². The number of ether oxygens (including phenoxy) is 3. The number of nitrogens with one attached hydrogen (secondary N) is 1. The monoisotopic (exact) mass is 439 g/mol. The third-order valence-corrected chi connectivity index (χ3v) is 6.78. The van der Waals surface area contributed by atoms with Gasteiger partial charge < -0.3 is 19.5 Å². The zero-order valence-electron chi connectivity index (χ0n) is 19.7. The molecule has 0 saturated heterocycles. The van der Waals surface area contributed by atoms with E-state index < -0.39 is 5.92 Å². The molecule has 1 heterocycles. The second-order valence-corrected chi connectivity index (χ2v) is 9.85. The van der Waals surface area contributed by atoms with Crippen molar-refractivity contribution in [1.82, 2.24) is 5.32 Å². The number of dihydropyridines is 1. The van der Waals surface area contributed by atoms with Gasteiger partial charge in [-0.25, -0.2) is 4.79 Å². The van der Waals surface area contributed by atoms with Gasteiger partial charge in [-0.3, -0.25) is 4.79 Å². The van der Waals surface area contributed by atoms with Gasteiger partial charge in [0.05, 0.1) is 25.7 Å². The van der Waals surface area contributed by atoms with Crippen LogP contribution in [0.1, 0.15) is 70.8 Å². The minimum atomic E-state index is -0.561. The lowest BCUT2D eigenvalue weighted by molar-refractivity contribution is -0.144. The summed E-state index contributed by atoms with van der Waals surface area (Å²) in [5.74, 6) is 0.388. The molecule has 1 aromatic carbocycles. The molecule has 32 heavy (non-hydrogen) atoms. The first-order valence-electron chi connectivity index (χ1n) is 11.4. The van der Waals surface area contributed by atoms with Crippen molar-refractivity contribution >= 4 is 11.8 Å². The minimum absolute atomic E-state index is 0.0530. The van der Waals surface area contributed by atoms with Gasteiger partial charge in [0, 0.05) is 29.0 Å². The van der Waals surface area contributed by atoms with Gasteiger partial charge in [-0.1, -0.05) is 13.8 Å². The van der Waals surface area contributed by atoms with E-state index >= 15 is 0 Å². The van der Waals surface area contributed by atoms with E-state index in [1.807, 2.05) is 25.1 Å². The van der Waals surface area contributed by atoms with Gasteiger partial charge in [0.15, 0.2) is 5.78 Å². The Morgan fingerprint density at radius 2 is 1.81 bits per heavy atom. The Hall–Kier alpha value is -2.76. The number of benzene rings is 1. The highest BCUT2D eigenvalue weighted by Gasteiger charge is 2.44. The van der Waals surface area contributed by atoms with Crippen molar-refractivity contribution in [1.29, 1.82) is 0 Å². The molecule has 0 spiro atoms. The lowest BCUT2D eigenvalue weighted by Crippen LogP contribution is -2.39. The summed E-state index contributed by atoms with van der Waals surface area (Å²) in [4.78, 5) is 26.9. The van der Waals surface area contributed by atoms with Crippen molar-refractivity contribution in [2.45, 2.75) is 71.3 Å². The van der Waals surface area contributed by atoms with Crippen LogP contribution in [0.15, 0.2) is 40.7 Å². The normalized spacial score (nSPS) is 23.0. The van der Waals surface area contributed by atoms with Crippen molar-refractivity contribution in [2.75, 3.05) is 14.2 Å². The van der Waals surface area contributed by atoms with E-state index in [-0.39, 0.29) is 23.3 Å². The highest BCUT2D eigenvalue weighted by Crippen LogP contribution is 2.49. The Morgan fingerprint density at radius 3 is 2.47 bits per heavy atom. The maximum Gasteiger partial charge on any atom is 0.337 e. The van der Waals surface area contributed by atoms with E-state index in [0.717, 1.165) is 49.1 Å². The largest absolute Gasteiger partial charge is 0.497 e. The Bertz CT molecular complexity index is 997. The first kappa shape index (κ1) is 22.4. The average molecular weight is 440 g/mol. The molecule has 1 N–H and O–H groups in total. The SMILES string of the molecule is COc1ccc(OC)c(C2C(C(=O)OC3CCCC3)=C(C)NC3=C2C(=O)CC(C)(C)C3)c1. The van der Waals surface area contributed by atoms with Gasteiger partial charge >= 0.3 is 5.97 Å². The molecule has 1 unspecified atom stereocenters. The van der Waals surface area contributed by atoms with Crippen LogP contribution in [0.5, 0.6) is 11.5 Å². The average Bonchev–Trinajstić information content (AvgIpc) is 3.24. The van der Waals surface area contributed by atoms with E-state index in [2.05, 4.69) is 19.2 Å². The predicted octanol–water partition coefficient (Wildman–Crippen LogP) is 4.79. The van der Waals surface area contributed by atoms with E-state index in [4.69, 9.17) is 14.2 Å². The Morgan fingerprint density at radius 1 is 1.09 bits per heavy atom. The lowest BCUT2D eigenvalue weighted by Gasteiger charge is -2.39. The molecule has 1 aliphatic heterocycles. The fraction of sp³-hybridized carbons (Fsp3) is 0.538. The molecule has 0 radical (unpaired) electrons. The number of carbonyl (C=O) groups is 2. The van der Waals surface area contributed by atoms with Crippen LogP contribution in [0.2, 0.25) is 0 Å². The maximum atomic E-state index is 13.5. The second kappa shape index (κ2) is 8.64. The molecule has 6 heteroatoms. The van der Waals surface area contributed by atoms with Crippen molar-refractivity contribution in [3.63, 3.8) is 0 Å². The van der Waals surface area contributed by atoms with Crippen LogP contribution < -0.4 is 14.8 Å². The number of esters is 1. The van der Waals surface area contributed by atoms with Crippen LogP contribution in [0.4, 0.5) is 0 Å². The third-order valence-electron chi connectivity index (χ3n) is 6.78. The van der Waals surface area contributed by atoms with Gasteiger partial charge in [-0.2, -0.15) is 0 Å². The maximum absolute atomic E-state index is 13.5. The molecule has 3 aliphatic rings. The molecular weight excluding hydrogens is 406 g/mol. The molecular formula is C26H33NO5. The Balaban J connectivity index is 1.86. The zero-order valence-corrected chi connectivity index (χ0v) is 19.7. The van der Waals surface area contributed by atoms with E-state index in [0.29, 0.717) is 29.1 Å². The Kier molecular flexibility index (Phi) is 6.06. The third kappa shape index (κ3) is 4.15. The quantitative estimate of drug-likeness (QED) is 0.665. The second-order valence-electron chi connectivity index (χ2n) is 9.85. The summed E-state index contributed by atoms with van der Waals surface area (Å²) in [6, 6.07) is 5.50. The molecule has 1 aromatic rings. The zero-order chi connectivity index (χ0) is 23.0. The smallest absolute Gasteiger partial charge is 0.337 e. The van der Waals surface area contributed by atoms with Gasteiger partial charge in [-0.15, -0.1) is 0 Å². The molecule has 2 aliphatic carbocycles. The first-order valence-corrected chi connectivity index (χ1v) is 11.4. The fourth-order valence-electron chi connectivity index (χ4n) is 5.30. The molecule has 0 amide bonds. The molecule has 1 saturated carbocycles. The summed E-state index contributed by atoms with van der Waals surface area (Å²) in [5, 5.41) is 3.39. The number of carbonyl (C=O) groups excluding carboxylic acids is 2. The number of hydrogen-bond donors (Lipinski definition) is 1.